The first kappa shape index (κ1) is 17.9. The van der Waals surface area contributed by atoms with Gasteiger partial charge in [-0.25, -0.2) is 4.98 Å². The Morgan fingerprint density at radius 3 is 2.74 bits per heavy atom. The first-order valence-corrected chi connectivity index (χ1v) is 9.66. The van der Waals surface area contributed by atoms with Gasteiger partial charge in [-0.1, -0.05) is 24.3 Å². The Kier molecular flexibility index (Phi) is 4.83. The lowest BCUT2D eigenvalue weighted by Gasteiger charge is -2.39. The van der Waals surface area contributed by atoms with Gasteiger partial charge in [-0.3, -0.25) is 14.2 Å². The standard InChI is InChI=1S/C21H25N3O3/c25-19(16-6-2-1-3-7-16)23-12-10-21(27,11-13-23)14-24-15-22-18-9-5-4-8-17(18)20(24)26/h1-2,4-5,8-9,15-16,27H,3,6-7,10-14H2/t16-/m1/s1. The van der Waals surface area contributed by atoms with Crippen molar-refractivity contribution in [3.05, 3.63) is 53.1 Å². The number of hydrogen-bond acceptors (Lipinski definition) is 4. The number of carbonyl (C=O) groups is 1. The molecule has 2 aromatic rings. The Labute approximate surface area is 158 Å². The van der Waals surface area contributed by atoms with E-state index in [1.54, 1.807) is 12.1 Å². The normalized spacial score (nSPS) is 22.1. The van der Waals surface area contributed by atoms with E-state index in [1.807, 2.05) is 17.0 Å². The lowest BCUT2D eigenvalue weighted by molar-refractivity contribution is -0.140. The molecule has 6 heteroatoms. The molecule has 2 heterocycles. The molecule has 27 heavy (non-hydrogen) atoms. The van der Waals surface area contributed by atoms with Gasteiger partial charge in [0, 0.05) is 19.0 Å². The third-order valence-corrected chi connectivity index (χ3v) is 5.82. The van der Waals surface area contributed by atoms with Gasteiger partial charge < -0.3 is 10.0 Å². The Bertz CT molecular complexity index is 926. The number of allylic oxidation sites excluding steroid dienone is 2. The summed E-state index contributed by atoms with van der Waals surface area (Å²) in [6.45, 7) is 1.27. The van der Waals surface area contributed by atoms with E-state index in [9.17, 15) is 14.7 Å². The number of para-hydroxylation sites is 1. The minimum Gasteiger partial charge on any atom is -0.388 e. The second-order valence-electron chi connectivity index (χ2n) is 7.73. The number of aromatic nitrogens is 2. The monoisotopic (exact) mass is 367 g/mol. The molecule has 2 aliphatic rings. The third-order valence-electron chi connectivity index (χ3n) is 5.82. The minimum absolute atomic E-state index is 0.0773. The smallest absolute Gasteiger partial charge is 0.261 e. The maximum atomic E-state index is 12.7. The maximum absolute atomic E-state index is 12.7. The summed E-state index contributed by atoms with van der Waals surface area (Å²) in [5.41, 5.74) is -0.466. The maximum Gasteiger partial charge on any atom is 0.261 e. The van der Waals surface area contributed by atoms with Gasteiger partial charge in [-0.05, 0) is 44.2 Å². The van der Waals surface area contributed by atoms with Crippen molar-refractivity contribution < 1.29 is 9.90 Å². The van der Waals surface area contributed by atoms with Crippen molar-refractivity contribution in [2.75, 3.05) is 13.1 Å². The molecule has 1 aromatic carbocycles. The highest BCUT2D eigenvalue weighted by molar-refractivity contribution is 5.79. The van der Waals surface area contributed by atoms with E-state index in [-0.39, 0.29) is 23.9 Å². The number of likely N-dealkylation sites (tertiary alicyclic amines) is 1. The second kappa shape index (κ2) is 7.27. The Hall–Kier alpha value is -2.47. The average molecular weight is 367 g/mol. The molecule has 0 spiro atoms. The topological polar surface area (TPSA) is 75.4 Å². The molecule has 4 rings (SSSR count). The van der Waals surface area contributed by atoms with E-state index in [0.717, 1.165) is 19.3 Å². The van der Waals surface area contributed by atoms with E-state index in [1.165, 1.54) is 10.9 Å². The van der Waals surface area contributed by atoms with Crippen LogP contribution in [-0.2, 0) is 11.3 Å². The summed E-state index contributed by atoms with van der Waals surface area (Å²) >= 11 is 0. The van der Waals surface area contributed by atoms with Crippen LogP contribution in [0.1, 0.15) is 32.1 Å². The number of amides is 1. The molecule has 1 fully saturated rings. The van der Waals surface area contributed by atoms with E-state index < -0.39 is 5.60 Å². The third kappa shape index (κ3) is 3.67. The summed E-state index contributed by atoms with van der Waals surface area (Å²) < 4.78 is 1.49. The molecule has 1 aromatic heterocycles. The molecule has 1 aliphatic heterocycles. The van der Waals surface area contributed by atoms with Crippen molar-refractivity contribution in [3.8, 4) is 0 Å². The quantitative estimate of drug-likeness (QED) is 0.843. The van der Waals surface area contributed by atoms with E-state index >= 15 is 0 Å². The number of nitrogens with zero attached hydrogens (tertiary/aromatic N) is 3. The number of aliphatic hydroxyl groups is 1. The van der Waals surface area contributed by atoms with E-state index in [4.69, 9.17) is 0 Å². The van der Waals surface area contributed by atoms with Gasteiger partial charge in [0.15, 0.2) is 0 Å². The molecular formula is C21H25N3O3. The van der Waals surface area contributed by atoms with Crippen molar-refractivity contribution in [2.45, 2.75) is 44.2 Å². The molecular weight excluding hydrogens is 342 g/mol. The molecule has 0 radical (unpaired) electrons. The number of carbonyl (C=O) groups excluding carboxylic acids is 1. The fourth-order valence-electron chi connectivity index (χ4n) is 4.11. The number of rotatable bonds is 3. The van der Waals surface area contributed by atoms with Crippen LogP contribution in [0, 0.1) is 5.92 Å². The largest absolute Gasteiger partial charge is 0.388 e. The van der Waals surface area contributed by atoms with Gasteiger partial charge in [0.05, 0.1) is 29.4 Å². The van der Waals surface area contributed by atoms with Gasteiger partial charge in [0.2, 0.25) is 5.91 Å². The van der Waals surface area contributed by atoms with E-state index in [0.29, 0.717) is 36.8 Å². The fraction of sp³-hybridized carbons (Fsp3) is 0.476. The predicted molar refractivity (Wildman–Crippen MR) is 103 cm³/mol. The molecule has 1 atom stereocenters. The molecule has 1 saturated heterocycles. The first-order chi connectivity index (χ1) is 13.1. The zero-order valence-corrected chi connectivity index (χ0v) is 15.4. The summed E-state index contributed by atoms with van der Waals surface area (Å²) in [5.74, 6) is 0.277. The summed E-state index contributed by atoms with van der Waals surface area (Å²) in [6, 6.07) is 7.22. The van der Waals surface area contributed by atoms with Crippen molar-refractivity contribution >= 4 is 16.8 Å². The van der Waals surface area contributed by atoms with Gasteiger partial charge in [0.1, 0.15) is 0 Å². The lowest BCUT2D eigenvalue weighted by atomic mass is 9.88. The summed E-state index contributed by atoms with van der Waals surface area (Å²) in [7, 11) is 0. The fourth-order valence-corrected chi connectivity index (χ4v) is 4.11. The molecule has 1 amide bonds. The molecule has 1 N–H and O–H groups in total. The number of fused-ring (bicyclic) bond motifs is 1. The van der Waals surface area contributed by atoms with Crippen molar-refractivity contribution in [3.63, 3.8) is 0 Å². The zero-order chi connectivity index (χ0) is 18.9. The number of benzene rings is 1. The molecule has 0 unspecified atom stereocenters. The average Bonchev–Trinajstić information content (AvgIpc) is 2.71. The Morgan fingerprint density at radius 2 is 2.00 bits per heavy atom. The number of hydrogen-bond donors (Lipinski definition) is 1. The first-order valence-electron chi connectivity index (χ1n) is 9.66. The minimum atomic E-state index is -0.989. The highest BCUT2D eigenvalue weighted by Crippen LogP contribution is 2.27. The van der Waals surface area contributed by atoms with Gasteiger partial charge in [0.25, 0.3) is 5.56 Å². The summed E-state index contributed by atoms with van der Waals surface area (Å²) in [5, 5.41) is 11.6. The molecule has 0 saturated carbocycles. The molecule has 1 aliphatic carbocycles. The lowest BCUT2D eigenvalue weighted by Crippen LogP contribution is -2.51. The van der Waals surface area contributed by atoms with Crippen LogP contribution in [0.25, 0.3) is 10.9 Å². The van der Waals surface area contributed by atoms with Crippen LogP contribution in [0.15, 0.2) is 47.5 Å². The Morgan fingerprint density at radius 1 is 1.22 bits per heavy atom. The number of piperidine rings is 1. The van der Waals surface area contributed by atoms with E-state index in [2.05, 4.69) is 17.1 Å². The molecule has 0 bridgehead atoms. The van der Waals surface area contributed by atoms with Gasteiger partial charge in [-0.15, -0.1) is 0 Å². The molecule has 142 valence electrons. The predicted octanol–water partition coefficient (Wildman–Crippen LogP) is 2.11. The van der Waals surface area contributed by atoms with Crippen LogP contribution < -0.4 is 5.56 Å². The van der Waals surface area contributed by atoms with Crippen molar-refractivity contribution in [1.82, 2.24) is 14.5 Å². The highest BCUT2D eigenvalue weighted by Gasteiger charge is 2.36. The van der Waals surface area contributed by atoms with Crippen molar-refractivity contribution in [1.29, 1.82) is 0 Å². The SMILES string of the molecule is O=C([C@@H]1CC=CCC1)N1CCC(O)(Cn2cnc3ccccc3c2=O)CC1. The zero-order valence-electron chi connectivity index (χ0n) is 15.4. The summed E-state index contributed by atoms with van der Waals surface area (Å²) in [4.78, 5) is 31.5. The second-order valence-corrected chi connectivity index (χ2v) is 7.73. The van der Waals surface area contributed by atoms with Crippen LogP contribution >= 0.6 is 0 Å². The van der Waals surface area contributed by atoms with Gasteiger partial charge in [-0.2, -0.15) is 0 Å². The summed E-state index contributed by atoms with van der Waals surface area (Å²) in [6.07, 6.45) is 9.37. The van der Waals surface area contributed by atoms with Crippen LogP contribution in [0.2, 0.25) is 0 Å². The van der Waals surface area contributed by atoms with Crippen LogP contribution in [0.4, 0.5) is 0 Å². The van der Waals surface area contributed by atoms with Crippen LogP contribution in [0.3, 0.4) is 0 Å². The highest BCUT2D eigenvalue weighted by atomic mass is 16.3. The van der Waals surface area contributed by atoms with Crippen molar-refractivity contribution in [2.24, 2.45) is 5.92 Å². The Balaban J connectivity index is 1.44. The van der Waals surface area contributed by atoms with Crippen LogP contribution in [-0.4, -0.2) is 44.2 Å². The molecule has 6 nitrogen and oxygen atoms in total. The van der Waals surface area contributed by atoms with Crippen LogP contribution in [0.5, 0.6) is 0 Å². The van der Waals surface area contributed by atoms with Gasteiger partial charge >= 0.3 is 0 Å².